The van der Waals surface area contributed by atoms with E-state index in [0.29, 0.717) is 0 Å². The molecule has 6 nitrogen and oxygen atoms in total. The highest BCUT2D eigenvalue weighted by molar-refractivity contribution is 5.80. The molecule has 3 fully saturated rings. The smallest absolute Gasteiger partial charge is 0.323 e. The second kappa shape index (κ2) is 5.60. The lowest BCUT2D eigenvalue weighted by molar-refractivity contribution is -0.137. The van der Waals surface area contributed by atoms with E-state index in [1.54, 1.807) is 4.90 Å². The molecule has 112 valence electrons. The zero-order valence-electron chi connectivity index (χ0n) is 11.8. The van der Waals surface area contributed by atoms with Gasteiger partial charge in [0.05, 0.1) is 0 Å². The van der Waals surface area contributed by atoms with Gasteiger partial charge >= 0.3 is 12.0 Å². The Bertz CT molecular complexity index is 385. The molecule has 3 aliphatic rings. The van der Waals surface area contributed by atoms with E-state index in [0.717, 1.165) is 44.9 Å². The first-order valence-electron chi connectivity index (χ1n) is 7.63. The molecule has 0 unspecified atom stereocenters. The van der Waals surface area contributed by atoms with Gasteiger partial charge in [-0.1, -0.05) is 0 Å². The van der Waals surface area contributed by atoms with Crippen LogP contribution in [0.4, 0.5) is 4.79 Å². The molecule has 0 bridgehead atoms. The van der Waals surface area contributed by atoms with Crippen molar-refractivity contribution in [1.29, 1.82) is 0 Å². The van der Waals surface area contributed by atoms with E-state index < -0.39 is 5.97 Å². The highest BCUT2D eigenvalue weighted by Crippen LogP contribution is 2.30. The second-order valence-electron chi connectivity index (χ2n) is 6.27. The lowest BCUT2D eigenvalue weighted by Gasteiger charge is -2.37. The summed E-state index contributed by atoms with van der Waals surface area (Å²) in [6, 6.07) is 0.0732. The van der Waals surface area contributed by atoms with Crippen molar-refractivity contribution in [2.24, 2.45) is 5.92 Å². The molecule has 1 heterocycles. The predicted octanol–water partition coefficient (Wildman–Crippen LogP) is 0.683. The van der Waals surface area contributed by atoms with E-state index in [-0.39, 0.29) is 18.6 Å². The standard InChI is InChI=1S/C14H23N3O3/c18-13(19)10-17(12-3-4-12)14(20)16-7-5-15(6-8-16)9-11-1-2-11/h11-12H,1-10H2,(H,18,19). The number of rotatable bonds is 5. The van der Waals surface area contributed by atoms with Gasteiger partial charge in [-0.3, -0.25) is 9.69 Å². The number of carbonyl (C=O) groups is 2. The molecule has 2 amide bonds. The molecular formula is C14H23N3O3. The van der Waals surface area contributed by atoms with E-state index in [9.17, 15) is 9.59 Å². The Morgan fingerprint density at radius 2 is 1.70 bits per heavy atom. The summed E-state index contributed by atoms with van der Waals surface area (Å²) in [6.45, 7) is 4.32. The Labute approximate surface area is 119 Å². The van der Waals surface area contributed by atoms with Gasteiger partial charge in [0.15, 0.2) is 0 Å². The van der Waals surface area contributed by atoms with Crippen LogP contribution in [0.2, 0.25) is 0 Å². The number of nitrogens with zero attached hydrogens (tertiary/aromatic N) is 3. The normalized spacial score (nSPS) is 23.7. The molecule has 2 saturated carbocycles. The summed E-state index contributed by atoms with van der Waals surface area (Å²) in [5.74, 6) is -0.0372. The van der Waals surface area contributed by atoms with E-state index >= 15 is 0 Å². The largest absolute Gasteiger partial charge is 0.480 e. The molecule has 0 aromatic rings. The third-order valence-electron chi connectivity index (χ3n) is 4.40. The van der Waals surface area contributed by atoms with Crippen molar-refractivity contribution >= 4 is 12.0 Å². The fraction of sp³-hybridized carbons (Fsp3) is 0.857. The number of piperazine rings is 1. The first-order valence-corrected chi connectivity index (χ1v) is 7.63. The topological polar surface area (TPSA) is 64.1 Å². The van der Waals surface area contributed by atoms with Crippen molar-refractivity contribution in [1.82, 2.24) is 14.7 Å². The van der Waals surface area contributed by atoms with Crippen LogP contribution in [0.1, 0.15) is 25.7 Å². The highest BCUT2D eigenvalue weighted by Gasteiger charge is 2.37. The number of amides is 2. The molecule has 3 rings (SSSR count). The number of hydrogen-bond donors (Lipinski definition) is 1. The molecule has 0 aromatic carbocycles. The Morgan fingerprint density at radius 3 is 2.20 bits per heavy atom. The van der Waals surface area contributed by atoms with Crippen LogP contribution in [-0.4, -0.2) is 77.1 Å². The van der Waals surface area contributed by atoms with Crippen molar-refractivity contribution in [2.75, 3.05) is 39.3 Å². The van der Waals surface area contributed by atoms with Crippen LogP contribution >= 0.6 is 0 Å². The van der Waals surface area contributed by atoms with Crippen LogP contribution in [0, 0.1) is 5.92 Å². The maximum absolute atomic E-state index is 12.4. The van der Waals surface area contributed by atoms with Gasteiger partial charge in [-0.05, 0) is 31.6 Å². The van der Waals surface area contributed by atoms with Crippen LogP contribution in [0.15, 0.2) is 0 Å². The molecule has 0 spiro atoms. The van der Waals surface area contributed by atoms with Crippen LogP contribution in [0.25, 0.3) is 0 Å². The molecule has 1 aliphatic heterocycles. The van der Waals surface area contributed by atoms with Gasteiger partial charge in [-0.2, -0.15) is 0 Å². The highest BCUT2D eigenvalue weighted by atomic mass is 16.4. The summed E-state index contributed by atoms with van der Waals surface area (Å²) in [5, 5.41) is 8.94. The molecule has 6 heteroatoms. The molecule has 0 aromatic heterocycles. The Balaban J connectivity index is 1.50. The Hall–Kier alpha value is -1.30. The summed E-state index contributed by atoms with van der Waals surface area (Å²) in [5.41, 5.74) is 0. The van der Waals surface area contributed by atoms with Gasteiger partial charge in [-0.15, -0.1) is 0 Å². The first-order chi connectivity index (χ1) is 9.63. The third-order valence-corrected chi connectivity index (χ3v) is 4.40. The quantitative estimate of drug-likeness (QED) is 0.805. The number of aliphatic carboxylic acids is 1. The van der Waals surface area contributed by atoms with Crippen molar-refractivity contribution in [3.63, 3.8) is 0 Å². The van der Waals surface area contributed by atoms with Gasteiger partial charge < -0.3 is 14.9 Å². The average Bonchev–Trinajstić information content (AvgIpc) is 3.29. The Morgan fingerprint density at radius 1 is 1.05 bits per heavy atom. The second-order valence-corrected chi connectivity index (χ2v) is 6.27. The third kappa shape index (κ3) is 3.42. The monoisotopic (exact) mass is 281 g/mol. The van der Waals surface area contributed by atoms with Crippen LogP contribution in [-0.2, 0) is 4.79 Å². The van der Waals surface area contributed by atoms with E-state index in [2.05, 4.69) is 4.90 Å². The fourth-order valence-electron chi connectivity index (χ4n) is 2.85. The van der Waals surface area contributed by atoms with Crippen molar-refractivity contribution in [3.05, 3.63) is 0 Å². The van der Waals surface area contributed by atoms with Gasteiger partial charge in [-0.25, -0.2) is 4.79 Å². The SMILES string of the molecule is O=C(O)CN(C(=O)N1CCN(CC2CC2)CC1)C1CC1. The molecular weight excluding hydrogens is 258 g/mol. The number of carbonyl (C=O) groups excluding carboxylic acids is 1. The summed E-state index contributed by atoms with van der Waals surface area (Å²) in [7, 11) is 0. The maximum Gasteiger partial charge on any atom is 0.323 e. The molecule has 0 atom stereocenters. The number of carboxylic acids is 1. The van der Waals surface area contributed by atoms with Crippen molar-refractivity contribution < 1.29 is 14.7 Å². The average molecular weight is 281 g/mol. The van der Waals surface area contributed by atoms with Crippen LogP contribution in [0.5, 0.6) is 0 Å². The molecule has 20 heavy (non-hydrogen) atoms. The zero-order chi connectivity index (χ0) is 14.1. The zero-order valence-corrected chi connectivity index (χ0v) is 11.8. The minimum absolute atomic E-state index is 0.0824. The van der Waals surface area contributed by atoms with Gasteiger partial charge in [0.2, 0.25) is 0 Å². The minimum atomic E-state index is -0.919. The van der Waals surface area contributed by atoms with Gasteiger partial charge in [0.1, 0.15) is 6.54 Å². The number of urea groups is 1. The summed E-state index contributed by atoms with van der Waals surface area (Å²) < 4.78 is 0. The lowest BCUT2D eigenvalue weighted by atomic mass is 10.3. The number of hydrogen-bond acceptors (Lipinski definition) is 3. The van der Waals surface area contributed by atoms with Crippen molar-refractivity contribution in [2.45, 2.75) is 31.7 Å². The summed E-state index contributed by atoms with van der Waals surface area (Å²) >= 11 is 0. The predicted molar refractivity (Wildman–Crippen MR) is 73.5 cm³/mol. The molecule has 1 N–H and O–H groups in total. The summed E-state index contributed by atoms with van der Waals surface area (Å²) in [6.07, 6.45) is 4.60. The first kappa shape index (κ1) is 13.7. The van der Waals surface area contributed by atoms with Gasteiger partial charge in [0.25, 0.3) is 0 Å². The van der Waals surface area contributed by atoms with E-state index in [1.807, 2.05) is 4.90 Å². The molecule has 2 aliphatic carbocycles. The lowest BCUT2D eigenvalue weighted by Crippen LogP contribution is -2.54. The maximum atomic E-state index is 12.4. The summed E-state index contributed by atoms with van der Waals surface area (Å²) in [4.78, 5) is 29.1. The minimum Gasteiger partial charge on any atom is -0.480 e. The molecule has 1 saturated heterocycles. The number of carboxylic acid groups (broad SMARTS) is 1. The fourth-order valence-corrected chi connectivity index (χ4v) is 2.85. The molecule has 0 radical (unpaired) electrons. The van der Waals surface area contributed by atoms with Crippen LogP contribution < -0.4 is 0 Å². The Kier molecular flexibility index (Phi) is 3.83. The van der Waals surface area contributed by atoms with E-state index in [1.165, 1.54) is 19.4 Å². The van der Waals surface area contributed by atoms with Crippen LogP contribution in [0.3, 0.4) is 0 Å². The van der Waals surface area contributed by atoms with Gasteiger partial charge in [0, 0.05) is 38.8 Å². The van der Waals surface area contributed by atoms with E-state index in [4.69, 9.17) is 5.11 Å². The van der Waals surface area contributed by atoms with Crippen molar-refractivity contribution in [3.8, 4) is 0 Å².